The number of benzene rings is 2. The van der Waals surface area contributed by atoms with Gasteiger partial charge in [-0.05, 0) is 55.0 Å². The number of aromatic nitrogens is 2. The maximum atomic E-state index is 13.2. The average Bonchev–Trinajstić information content (AvgIpc) is 3.63. The monoisotopic (exact) mass is 616 g/mol. The number of thiophene rings is 2. The maximum absolute atomic E-state index is 13.2. The van der Waals surface area contributed by atoms with Gasteiger partial charge >= 0.3 is 0 Å². The molecule has 2 N–H and O–H groups in total. The van der Waals surface area contributed by atoms with Gasteiger partial charge in [-0.25, -0.2) is 9.97 Å². The van der Waals surface area contributed by atoms with E-state index in [9.17, 15) is 9.59 Å². The van der Waals surface area contributed by atoms with Gasteiger partial charge in [0.1, 0.15) is 0 Å². The molecule has 0 fully saturated rings. The molecule has 204 valence electrons. The predicted octanol–water partition coefficient (Wildman–Crippen LogP) is 8.10. The number of carbonyl (C=O) groups excluding carboxylic acids is 2. The van der Waals surface area contributed by atoms with Crippen molar-refractivity contribution in [2.75, 3.05) is 13.1 Å². The summed E-state index contributed by atoms with van der Waals surface area (Å²) in [5.74, 6) is -0.392. The van der Waals surface area contributed by atoms with Gasteiger partial charge in [-0.3, -0.25) is 9.59 Å². The fraction of sp³-hybridized carbons (Fsp3) is 0.0968. The first-order valence-electron chi connectivity index (χ1n) is 12.8. The van der Waals surface area contributed by atoms with E-state index < -0.39 is 0 Å². The molecule has 4 aromatic heterocycles. The summed E-state index contributed by atoms with van der Waals surface area (Å²) in [7, 11) is 0. The number of amides is 2. The largest absolute Gasteiger partial charge is 0.352 e. The van der Waals surface area contributed by atoms with E-state index >= 15 is 0 Å². The van der Waals surface area contributed by atoms with Crippen molar-refractivity contribution in [1.82, 2.24) is 20.6 Å². The minimum Gasteiger partial charge on any atom is -0.352 e. The van der Waals surface area contributed by atoms with Crippen LogP contribution >= 0.6 is 45.9 Å². The topological polar surface area (TPSA) is 84.0 Å². The first-order chi connectivity index (χ1) is 20.0. The molecule has 0 bridgehead atoms. The van der Waals surface area contributed by atoms with Crippen LogP contribution in [0.15, 0.2) is 84.9 Å². The molecule has 0 atom stereocenters. The number of nitrogens with zero attached hydrogens (tertiary/aromatic N) is 2. The van der Waals surface area contributed by atoms with E-state index in [1.165, 1.54) is 22.7 Å². The first kappa shape index (κ1) is 27.4. The molecule has 41 heavy (non-hydrogen) atoms. The molecule has 2 aromatic carbocycles. The van der Waals surface area contributed by atoms with Crippen LogP contribution in [-0.4, -0.2) is 34.9 Å². The Hall–Kier alpha value is -3.82. The van der Waals surface area contributed by atoms with E-state index in [1.54, 1.807) is 12.1 Å². The van der Waals surface area contributed by atoms with Crippen molar-refractivity contribution >= 4 is 79.5 Å². The van der Waals surface area contributed by atoms with Gasteiger partial charge in [0.2, 0.25) is 0 Å². The molecule has 10 heteroatoms. The average molecular weight is 618 g/mol. The van der Waals surface area contributed by atoms with Crippen LogP contribution in [0.2, 0.25) is 8.67 Å². The minimum atomic E-state index is -0.196. The van der Waals surface area contributed by atoms with Crippen LogP contribution in [0.25, 0.3) is 42.9 Å². The van der Waals surface area contributed by atoms with E-state index in [4.69, 9.17) is 33.2 Å². The fourth-order valence-electron chi connectivity index (χ4n) is 4.57. The molecule has 2 amide bonds. The lowest BCUT2D eigenvalue weighted by Gasteiger charge is -2.11. The number of para-hydroxylation sites is 2. The summed E-state index contributed by atoms with van der Waals surface area (Å²) in [6, 6.07) is 26.2. The van der Waals surface area contributed by atoms with Crippen molar-refractivity contribution in [1.29, 1.82) is 0 Å². The molecule has 0 saturated carbocycles. The van der Waals surface area contributed by atoms with E-state index in [2.05, 4.69) is 10.6 Å². The number of nitrogens with one attached hydrogen (secondary N) is 2. The zero-order valence-electron chi connectivity index (χ0n) is 21.5. The number of hydrogen-bond donors (Lipinski definition) is 2. The summed E-state index contributed by atoms with van der Waals surface area (Å²) >= 11 is 15.1. The van der Waals surface area contributed by atoms with Crippen LogP contribution in [0.3, 0.4) is 0 Å². The molecule has 6 rings (SSSR count). The highest BCUT2D eigenvalue weighted by Crippen LogP contribution is 2.33. The van der Waals surface area contributed by atoms with E-state index in [1.807, 2.05) is 72.8 Å². The third kappa shape index (κ3) is 5.96. The second kappa shape index (κ2) is 12.0. The number of hydrogen-bond acceptors (Lipinski definition) is 6. The number of halogens is 2. The lowest BCUT2D eigenvalue weighted by molar-refractivity contribution is 0.0953. The molecule has 0 aliphatic rings. The first-order valence-corrected chi connectivity index (χ1v) is 15.2. The van der Waals surface area contributed by atoms with Gasteiger partial charge in [0.25, 0.3) is 11.8 Å². The predicted molar refractivity (Wildman–Crippen MR) is 169 cm³/mol. The van der Waals surface area contributed by atoms with Gasteiger partial charge in [0.05, 0.1) is 52.0 Å². The molecule has 0 spiro atoms. The molecule has 6 nitrogen and oxygen atoms in total. The lowest BCUT2D eigenvalue weighted by atomic mass is 10.1. The van der Waals surface area contributed by atoms with Crippen LogP contribution in [0.4, 0.5) is 0 Å². The molecule has 0 aliphatic heterocycles. The summed E-state index contributed by atoms with van der Waals surface area (Å²) in [5.41, 5.74) is 3.97. The van der Waals surface area contributed by atoms with Gasteiger partial charge in [0, 0.05) is 23.9 Å². The van der Waals surface area contributed by atoms with Crippen LogP contribution < -0.4 is 10.6 Å². The van der Waals surface area contributed by atoms with Gasteiger partial charge < -0.3 is 10.6 Å². The Balaban J connectivity index is 1.12. The third-order valence-corrected chi connectivity index (χ3v) is 9.00. The van der Waals surface area contributed by atoms with Crippen molar-refractivity contribution in [3.63, 3.8) is 0 Å². The Morgan fingerprint density at radius 3 is 1.49 bits per heavy atom. The molecule has 4 heterocycles. The van der Waals surface area contributed by atoms with Crippen LogP contribution in [0.1, 0.15) is 27.1 Å². The van der Waals surface area contributed by atoms with Crippen LogP contribution in [-0.2, 0) is 0 Å². The minimum absolute atomic E-state index is 0.196. The SMILES string of the molecule is O=C(NCCCNC(=O)c1cc(-c2ccc(Cl)s2)nc2ccccc12)c1cc(-c2ccc(Cl)s2)nc2ccccc12. The standard InChI is InChI=1S/C31H22Cl2N4O2S2/c32-28-12-10-26(40-28)24-16-20(18-6-1-3-8-22(18)36-24)30(38)34-14-5-15-35-31(39)21-17-25(27-11-13-29(33)41-27)37-23-9-4-2-7-19(21)23/h1-4,6-13,16-17H,5,14-15H2,(H,34,38)(H,35,39). The Bertz CT molecular complexity index is 1780. The van der Waals surface area contributed by atoms with Gasteiger partial charge in [-0.1, -0.05) is 59.6 Å². The van der Waals surface area contributed by atoms with Crippen molar-refractivity contribution in [2.45, 2.75) is 6.42 Å². The summed E-state index contributed by atoms with van der Waals surface area (Å²) < 4.78 is 1.32. The van der Waals surface area contributed by atoms with E-state index in [0.29, 0.717) is 50.7 Å². The highest BCUT2D eigenvalue weighted by molar-refractivity contribution is 7.19. The van der Waals surface area contributed by atoms with Crippen molar-refractivity contribution in [3.05, 3.63) is 105 Å². The molecule has 0 unspecified atom stereocenters. The van der Waals surface area contributed by atoms with Gasteiger partial charge in [-0.15, -0.1) is 22.7 Å². The van der Waals surface area contributed by atoms with Crippen molar-refractivity contribution in [3.8, 4) is 21.1 Å². The third-order valence-electron chi connectivity index (χ3n) is 6.50. The second-order valence-corrected chi connectivity index (χ2v) is 12.6. The summed E-state index contributed by atoms with van der Waals surface area (Å²) in [6.45, 7) is 0.790. The van der Waals surface area contributed by atoms with Gasteiger partial charge in [-0.2, -0.15) is 0 Å². The summed E-state index contributed by atoms with van der Waals surface area (Å²) in [4.78, 5) is 37.7. The Morgan fingerprint density at radius 1 is 0.634 bits per heavy atom. The molecular weight excluding hydrogens is 595 g/mol. The normalized spacial score (nSPS) is 11.2. The molecule has 0 saturated heterocycles. The summed E-state index contributed by atoms with van der Waals surface area (Å²) in [5, 5.41) is 7.53. The Labute approximate surface area is 254 Å². The zero-order chi connectivity index (χ0) is 28.3. The van der Waals surface area contributed by atoms with Gasteiger partial charge in [0.15, 0.2) is 0 Å². The van der Waals surface area contributed by atoms with Crippen molar-refractivity contribution < 1.29 is 9.59 Å². The maximum Gasteiger partial charge on any atom is 0.252 e. The van der Waals surface area contributed by atoms with Crippen LogP contribution in [0.5, 0.6) is 0 Å². The number of fused-ring (bicyclic) bond motifs is 2. The number of pyridine rings is 2. The number of carbonyl (C=O) groups is 2. The summed E-state index contributed by atoms with van der Waals surface area (Å²) in [6.07, 6.45) is 0.560. The fourth-order valence-corrected chi connectivity index (χ4v) is 6.57. The van der Waals surface area contributed by atoms with Crippen LogP contribution in [0, 0.1) is 0 Å². The van der Waals surface area contributed by atoms with Crippen molar-refractivity contribution in [2.24, 2.45) is 0 Å². The lowest BCUT2D eigenvalue weighted by Crippen LogP contribution is -2.30. The quantitative estimate of drug-likeness (QED) is 0.169. The van der Waals surface area contributed by atoms with E-state index in [0.717, 1.165) is 31.6 Å². The molecule has 0 aliphatic carbocycles. The molecule has 0 radical (unpaired) electrons. The molecular formula is C31H22Cl2N4O2S2. The zero-order valence-corrected chi connectivity index (χ0v) is 24.6. The second-order valence-electron chi connectivity index (χ2n) is 9.22. The highest BCUT2D eigenvalue weighted by Gasteiger charge is 2.16. The number of rotatable bonds is 8. The molecule has 6 aromatic rings. The Morgan fingerprint density at radius 2 is 1.07 bits per heavy atom. The Kier molecular flexibility index (Phi) is 7.98. The highest BCUT2D eigenvalue weighted by atomic mass is 35.5. The smallest absolute Gasteiger partial charge is 0.252 e. The van der Waals surface area contributed by atoms with E-state index in [-0.39, 0.29) is 11.8 Å².